The van der Waals surface area contributed by atoms with Gasteiger partial charge in [0, 0.05) is 25.3 Å². The molecule has 0 saturated carbocycles. The van der Waals surface area contributed by atoms with E-state index in [1.165, 1.54) is 45.2 Å². The minimum absolute atomic E-state index is 0.371. The smallest absolute Gasteiger partial charge is 0.221 e. The molecule has 0 spiro atoms. The molecule has 1 aromatic rings. The lowest BCUT2D eigenvalue weighted by Crippen LogP contribution is -2.47. The lowest BCUT2D eigenvalue weighted by atomic mass is 10.00. The third kappa shape index (κ3) is 2.97. The van der Waals surface area contributed by atoms with Crippen LogP contribution in [0.2, 0.25) is 0 Å². The van der Waals surface area contributed by atoms with Crippen molar-refractivity contribution in [2.45, 2.75) is 38.1 Å². The number of nitrogen functional groups attached to an aromatic ring is 1. The normalized spacial score (nSPS) is 22.6. The van der Waals surface area contributed by atoms with Crippen LogP contribution < -0.4 is 10.6 Å². The van der Waals surface area contributed by atoms with E-state index in [0.29, 0.717) is 5.95 Å². The van der Waals surface area contributed by atoms with Crippen LogP contribution in [0.5, 0.6) is 0 Å². The van der Waals surface area contributed by atoms with E-state index in [2.05, 4.69) is 19.8 Å². The fraction of sp³-hybridized carbons (Fsp3) is 0.714. The fourth-order valence-electron chi connectivity index (χ4n) is 3.28. The lowest BCUT2D eigenvalue weighted by molar-refractivity contribution is 0.141. The lowest BCUT2D eigenvalue weighted by Gasteiger charge is -2.40. The highest BCUT2D eigenvalue weighted by atomic mass is 15.2. The second-order valence-electron chi connectivity index (χ2n) is 5.59. The average molecular weight is 261 g/mol. The summed E-state index contributed by atoms with van der Waals surface area (Å²) < 4.78 is 0. The van der Waals surface area contributed by atoms with Crippen LogP contribution in [0.25, 0.3) is 0 Å². The van der Waals surface area contributed by atoms with Crippen LogP contribution in [-0.2, 0) is 0 Å². The van der Waals surface area contributed by atoms with Gasteiger partial charge >= 0.3 is 0 Å². The molecule has 19 heavy (non-hydrogen) atoms. The van der Waals surface area contributed by atoms with E-state index in [-0.39, 0.29) is 0 Å². The van der Waals surface area contributed by atoms with Gasteiger partial charge in [0.05, 0.1) is 0 Å². The van der Waals surface area contributed by atoms with Gasteiger partial charge in [0.25, 0.3) is 0 Å². The van der Waals surface area contributed by atoms with Gasteiger partial charge in [-0.15, -0.1) is 0 Å². The van der Waals surface area contributed by atoms with Crippen LogP contribution in [0.15, 0.2) is 12.3 Å². The molecule has 3 heterocycles. The molecule has 2 aliphatic rings. The van der Waals surface area contributed by atoms with E-state index < -0.39 is 0 Å². The van der Waals surface area contributed by atoms with Crippen LogP contribution >= 0.6 is 0 Å². The Kier molecular flexibility index (Phi) is 3.82. The Morgan fingerprint density at radius 1 is 1.05 bits per heavy atom. The molecule has 104 valence electrons. The molecule has 5 heteroatoms. The zero-order valence-corrected chi connectivity index (χ0v) is 11.5. The number of nitrogens with zero attached hydrogens (tertiary/aromatic N) is 4. The maximum Gasteiger partial charge on any atom is 0.221 e. The van der Waals surface area contributed by atoms with Crippen molar-refractivity contribution < 1.29 is 0 Å². The quantitative estimate of drug-likeness (QED) is 0.874. The van der Waals surface area contributed by atoms with Crippen molar-refractivity contribution in [3.05, 3.63) is 12.3 Å². The number of hydrogen-bond donors (Lipinski definition) is 1. The van der Waals surface area contributed by atoms with E-state index in [4.69, 9.17) is 5.73 Å². The van der Waals surface area contributed by atoms with Crippen LogP contribution in [0.1, 0.15) is 32.1 Å². The van der Waals surface area contributed by atoms with E-state index in [1.54, 1.807) is 6.20 Å². The Morgan fingerprint density at radius 2 is 1.79 bits per heavy atom. The first-order chi connectivity index (χ1) is 9.33. The molecule has 0 aliphatic carbocycles. The Balaban J connectivity index is 1.57. The van der Waals surface area contributed by atoms with Gasteiger partial charge in [0.1, 0.15) is 5.82 Å². The monoisotopic (exact) mass is 261 g/mol. The highest BCUT2D eigenvalue weighted by Gasteiger charge is 2.25. The molecule has 2 saturated heterocycles. The van der Waals surface area contributed by atoms with E-state index in [9.17, 15) is 0 Å². The molecule has 2 aliphatic heterocycles. The van der Waals surface area contributed by atoms with Gasteiger partial charge < -0.3 is 15.5 Å². The Labute approximate surface area is 114 Å². The Hall–Kier alpha value is -1.36. The molecule has 0 aromatic carbocycles. The van der Waals surface area contributed by atoms with Crippen molar-refractivity contribution in [2.24, 2.45) is 0 Å². The van der Waals surface area contributed by atoms with Crippen molar-refractivity contribution >= 4 is 11.8 Å². The summed E-state index contributed by atoms with van der Waals surface area (Å²) in [5.74, 6) is 1.35. The molecule has 0 radical (unpaired) electrons. The zero-order valence-electron chi connectivity index (χ0n) is 11.5. The molecular formula is C14H23N5. The van der Waals surface area contributed by atoms with Gasteiger partial charge in [-0.05, 0) is 44.8 Å². The van der Waals surface area contributed by atoms with Gasteiger partial charge in [0.15, 0.2) is 0 Å². The minimum Gasteiger partial charge on any atom is -0.368 e. The Morgan fingerprint density at radius 3 is 2.47 bits per heavy atom. The number of rotatable bonds is 2. The van der Waals surface area contributed by atoms with Crippen molar-refractivity contribution in [3.8, 4) is 0 Å². The van der Waals surface area contributed by atoms with E-state index >= 15 is 0 Å². The Bertz CT molecular complexity index is 408. The summed E-state index contributed by atoms with van der Waals surface area (Å²) in [5.41, 5.74) is 5.65. The number of likely N-dealkylation sites (tertiary alicyclic amines) is 1. The topological polar surface area (TPSA) is 58.3 Å². The predicted molar refractivity (Wildman–Crippen MR) is 77.1 cm³/mol. The van der Waals surface area contributed by atoms with Gasteiger partial charge in [-0.25, -0.2) is 4.98 Å². The third-order valence-corrected chi connectivity index (χ3v) is 4.36. The average Bonchev–Trinajstić information content (AvgIpc) is 2.48. The summed E-state index contributed by atoms with van der Waals surface area (Å²) in [6, 6.07) is 2.73. The molecule has 0 amide bonds. The van der Waals surface area contributed by atoms with Crippen molar-refractivity contribution in [1.29, 1.82) is 0 Å². The molecule has 5 nitrogen and oxygen atoms in total. The van der Waals surface area contributed by atoms with Gasteiger partial charge in [0.2, 0.25) is 5.95 Å². The summed E-state index contributed by atoms with van der Waals surface area (Å²) >= 11 is 0. The molecule has 3 rings (SSSR count). The number of nitrogens with two attached hydrogens (primary N) is 1. The summed E-state index contributed by atoms with van der Waals surface area (Å²) in [4.78, 5) is 13.3. The molecule has 2 fully saturated rings. The first-order valence-electron chi connectivity index (χ1n) is 7.40. The predicted octanol–water partition coefficient (Wildman–Crippen LogP) is 1.51. The van der Waals surface area contributed by atoms with Crippen LogP contribution in [0.4, 0.5) is 11.8 Å². The molecule has 1 aromatic heterocycles. The first-order valence-corrected chi connectivity index (χ1v) is 7.40. The molecule has 0 bridgehead atoms. The van der Waals surface area contributed by atoms with Crippen LogP contribution in [0, 0.1) is 0 Å². The summed E-state index contributed by atoms with van der Waals surface area (Å²) in [6.07, 6.45) is 8.39. The molecular weight excluding hydrogens is 238 g/mol. The maximum absolute atomic E-state index is 5.65. The number of hydrogen-bond acceptors (Lipinski definition) is 5. The molecule has 0 unspecified atom stereocenters. The fourth-order valence-corrected chi connectivity index (χ4v) is 3.28. The van der Waals surface area contributed by atoms with Crippen LogP contribution in [0.3, 0.4) is 0 Å². The summed E-state index contributed by atoms with van der Waals surface area (Å²) in [7, 11) is 0. The number of aromatic nitrogens is 2. The highest BCUT2D eigenvalue weighted by Crippen LogP contribution is 2.23. The van der Waals surface area contributed by atoms with Gasteiger partial charge in [-0.2, -0.15) is 4.98 Å². The minimum atomic E-state index is 0.371. The number of piperidine rings is 2. The van der Waals surface area contributed by atoms with Crippen molar-refractivity contribution in [1.82, 2.24) is 14.9 Å². The van der Waals surface area contributed by atoms with Crippen molar-refractivity contribution in [3.63, 3.8) is 0 Å². The summed E-state index contributed by atoms with van der Waals surface area (Å²) in [5, 5.41) is 0. The van der Waals surface area contributed by atoms with Gasteiger partial charge in [-0.1, -0.05) is 6.42 Å². The second-order valence-corrected chi connectivity index (χ2v) is 5.59. The zero-order chi connectivity index (χ0) is 13.1. The van der Waals surface area contributed by atoms with Crippen molar-refractivity contribution in [2.75, 3.05) is 36.8 Å². The molecule has 2 N–H and O–H groups in total. The van der Waals surface area contributed by atoms with Crippen LogP contribution in [-0.4, -0.2) is 47.1 Å². The van der Waals surface area contributed by atoms with E-state index in [0.717, 1.165) is 24.9 Å². The molecule has 0 atom stereocenters. The largest absolute Gasteiger partial charge is 0.368 e. The second kappa shape index (κ2) is 5.74. The highest BCUT2D eigenvalue weighted by molar-refractivity contribution is 5.41. The summed E-state index contributed by atoms with van der Waals surface area (Å²) in [6.45, 7) is 4.76. The standard InChI is InChI=1S/C14H23N5/c15-14-16-7-4-13(17-14)19-10-5-12(6-11-19)18-8-2-1-3-9-18/h4,7,12H,1-3,5-6,8-11H2,(H2,15,16,17). The van der Waals surface area contributed by atoms with Gasteiger partial charge in [-0.3, -0.25) is 0 Å². The maximum atomic E-state index is 5.65. The SMILES string of the molecule is Nc1nccc(N2CCC(N3CCCCC3)CC2)n1. The first kappa shape index (κ1) is 12.7. The third-order valence-electron chi connectivity index (χ3n) is 4.36. The number of anilines is 2. The van der Waals surface area contributed by atoms with E-state index in [1.807, 2.05) is 6.07 Å².